The number of benzene rings is 1. The molecule has 11 heteroatoms. The zero-order valence-electron chi connectivity index (χ0n) is 25.0. The lowest BCUT2D eigenvalue weighted by atomic mass is 9.85. The number of ketones is 1. The number of Topliss-reactive ketones (excluding diaryl/α,β-unsaturated/α-hetero) is 1. The van der Waals surface area contributed by atoms with Crippen molar-refractivity contribution in [3.63, 3.8) is 0 Å². The molecule has 2 fully saturated rings. The minimum atomic E-state index is -1.24. The quantitative estimate of drug-likeness (QED) is 0.362. The van der Waals surface area contributed by atoms with Crippen LogP contribution in [0.3, 0.4) is 0 Å². The molecule has 1 aliphatic carbocycles. The highest BCUT2D eigenvalue weighted by molar-refractivity contribution is 6.31. The SMILES string of the molecule is C.C=C[C@@H]1C[C@]1(CC(=O)[C@@H]1C[C@]2(CC(c3cccc(Cl)c3)=NO2)CN1C(=O)[C@@H](NC(=O)OC(C)(C)C)C(C)(C)C)C(=O)O. The molecule has 4 rings (SSSR count). The van der Waals surface area contributed by atoms with Gasteiger partial charge in [-0.2, -0.15) is 0 Å². The zero-order valence-corrected chi connectivity index (χ0v) is 25.8. The molecule has 1 saturated heterocycles. The van der Waals surface area contributed by atoms with Gasteiger partial charge in [0.05, 0.1) is 23.7 Å². The second kappa shape index (κ2) is 11.9. The highest BCUT2D eigenvalue weighted by Crippen LogP contribution is 2.57. The molecule has 5 atom stereocenters. The van der Waals surface area contributed by atoms with Gasteiger partial charge in [0.1, 0.15) is 11.6 Å². The topological polar surface area (TPSA) is 135 Å². The fraction of sp³-hybridized carbons (Fsp3) is 0.594. The molecule has 0 aromatic heterocycles. The Hall–Kier alpha value is -3.40. The largest absolute Gasteiger partial charge is 0.481 e. The number of allylic oxidation sites excluding steroid dienone is 1. The number of oxime groups is 1. The number of rotatable bonds is 8. The van der Waals surface area contributed by atoms with Crippen LogP contribution in [0.2, 0.25) is 5.02 Å². The molecule has 1 saturated carbocycles. The van der Waals surface area contributed by atoms with Crippen molar-refractivity contribution in [2.24, 2.45) is 21.9 Å². The summed E-state index contributed by atoms with van der Waals surface area (Å²) in [5.41, 5.74) is -2.37. The molecule has 10 nitrogen and oxygen atoms in total. The molecule has 0 unspecified atom stereocenters. The number of hydrogen-bond acceptors (Lipinski definition) is 7. The molecule has 1 aromatic carbocycles. The van der Waals surface area contributed by atoms with E-state index in [1.165, 1.54) is 4.90 Å². The van der Waals surface area contributed by atoms with Gasteiger partial charge in [0.15, 0.2) is 11.4 Å². The first kappa shape index (κ1) is 34.1. The number of aliphatic carboxylic acids is 1. The van der Waals surface area contributed by atoms with E-state index in [4.69, 9.17) is 21.2 Å². The molecule has 236 valence electrons. The van der Waals surface area contributed by atoms with Crippen molar-refractivity contribution >= 4 is 41.1 Å². The molecule has 1 spiro atoms. The van der Waals surface area contributed by atoms with Crippen LogP contribution >= 0.6 is 11.6 Å². The Morgan fingerprint density at radius 1 is 1.23 bits per heavy atom. The maximum atomic E-state index is 14.2. The average Bonchev–Trinajstić information content (AvgIpc) is 3.23. The van der Waals surface area contributed by atoms with Gasteiger partial charge < -0.3 is 24.9 Å². The number of amides is 2. The number of carboxylic acid groups (broad SMARTS) is 1. The number of halogens is 1. The maximum absolute atomic E-state index is 14.2. The van der Waals surface area contributed by atoms with Gasteiger partial charge in [-0.15, -0.1) is 6.58 Å². The summed E-state index contributed by atoms with van der Waals surface area (Å²) >= 11 is 6.19. The van der Waals surface area contributed by atoms with Crippen LogP contribution in [0.15, 0.2) is 42.1 Å². The van der Waals surface area contributed by atoms with E-state index in [0.29, 0.717) is 23.6 Å². The van der Waals surface area contributed by atoms with E-state index in [1.54, 1.807) is 65.8 Å². The van der Waals surface area contributed by atoms with Crippen LogP contribution < -0.4 is 5.32 Å². The summed E-state index contributed by atoms with van der Waals surface area (Å²) in [5, 5.41) is 17.5. The predicted octanol–water partition coefficient (Wildman–Crippen LogP) is 5.62. The Morgan fingerprint density at radius 3 is 2.44 bits per heavy atom. The molecular formula is C32H44ClN3O7. The number of carboxylic acids is 1. The number of carbonyl (C=O) groups excluding carboxylic acids is 3. The molecule has 2 aliphatic heterocycles. The summed E-state index contributed by atoms with van der Waals surface area (Å²) in [5.74, 6) is -2.25. The van der Waals surface area contributed by atoms with Gasteiger partial charge in [0, 0.05) is 29.8 Å². The van der Waals surface area contributed by atoms with E-state index in [-0.39, 0.29) is 38.5 Å². The second-order valence-corrected chi connectivity index (χ2v) is 14.2. The summed E-state index contributed by atoms with van der Waals surface area (Å²) in [6.45, 7) is 14.3. The van der Waals surface area contributed by atoms with Crippen molar-refractivity contribution in [1.29, 1.82) is 0 Å². The maximum Gasteiger partial charge on any atom is 0.408 e. The Morgan fingerprint density at radius 2 is 1.91 bits per heavy atom. The van der Waals surface area contributed by atoms with E-state index in [2.05, 4.69) is 17.1 Å². The highest BCUT2D eigenvalue weighted by atomic mass is 35.5. The van der Waals surface area contributed by atoms with Crippen molar-refractivity contribution in [1.82, 2.24) is 10.2 Å². The third-order valence-corrected chi connectivity index (χ3v) is 8.39. The van der Waals surface area contributed by atoms with Gasteiger partial charge in [0.2, 0.25) is 5.91 Å². The molecule has 0 bridgehead atoms. The first-order valence-corrected chi connectivity index (χ1v) is 14.5. The summed E-state index contributed by atoms with van der Waals surface area (Å²) < 4.78 is 5.42. The van der Waals surface area contributed by atoms with Crippen LogP contribution in [0, 0.1) is 16.7 Å². The van der Waals surface area contributed by atoms with Gasteiger partial charge in [-0.3, -0.25) is 14.4 Å². The molecule has 3 aliphatic rings. The van der Waals surface area contributed by atoms with Gasteiger partial charge in [-0.05, 0) is 50.7 Å². The average molecular weight is 618 g/mol. The van der Waals surface area contributed by atoms with Crippen LogP contribution in [0.1, 0.15) is 80.2 Å². The fourth-order valence-corrected chi connectivity index (χ4v) is 6.03. The molecule has 2 N–H and O–H groups in total. The van der Waals surface area contributed by atoms with Crippen molar-refractivity contribution in [3.05, 3.63) is 47.5 Å². The Labute approximate surface area is 258 Å². The van der Waals surface area contributed by atoms with E-state index in [9.17, 15) is 24.3 Å². The van der Waals surface area contributed by atoms with Crippen molar-refractivity contribution in [2.45, 2.75) is 97.9 Å². The summed E-state index contributed by atoms with van der Waals surface area (Å²) in [6.07, 6.45) is 1.32. The zero-order chi connectivity index (χ0) is 31.3. The van der Waals surface area contributed by atoms with E-state index in [1.807, 2.05) is 6.07 Å². The number of nitrogens with one attached hydrogen (secondary N) is 1. The molecular weight excluding hydrogens is 574 g/mol. The smallest absolute Gasteiger partial charge is 0.408 e. The number of hydrogen-bond donors (Lipinski definition) is 2. The minimum Gasteiger partial charge on any atom is -0.481 e. The van der Waals surface area contributed by atoms with Crippen LogP contribution in [-0.2, 0) is 24.0 Å². The first-order valence-electron chi connectivity index (χ1n) is 14.1. The van der Waals surface area contributed by atoms with E-state index >= 15 is 0 Å². The second-order valence-electron chi connectivity index (χ2n) is 13.8. The lowest BCUT2D eigenvalue weighted by Crippen LogP contribution is -2.57. The van der Waals surface area contributed by atoms with Crippen molar-refractivity contribution < 1.29 is 33.9 Å². The van der Waals surface area contributed by atoms with Crippen LogP contribution in [-0.4, -0.2) is 69.3 Å². The predicted molar refractivity (Wildman–Crippen MR) is 164 cm³/mol. The highest BCUT2D eigenvalue weighted by Gasteiger charge is 2.62. The molecule has 0 radical (unpaired) electrons. The minimum absolute atomic E-state index is 0. The molecule has 2 heterocycles. The van der Waals surface area contributed by atoms with Crippen LogP contribution in [0.25, 0.3) is 0 Å². The fourth-order valence-electron chi connectivity index (χ4n) is 5.84. The van der Waals surface area contributed by atoms with E-state index in [0.717, 1.165) is 5.56 Å². The van der Waals surface area contributed by atoms with Gasteiger partial charge in [-0.1, -0.05) is 63.2 Å². The third kappa shape index (κ3) is 7.22. The number of alkyl carbamates (subject to hydrolysis) is 1. The molecule has 1 aromatic rings. The molecule has 2 amide bonds. The van der Waals surface area contributed by atoms with Crippen LogP contribution in [0.5, 0.6) is 0 Å². The van der Waals surface area contributed by atoms with Gasteiger partial charge in [0.25, 0.3) is 0 Å². The van der Waals surface area contributed by atoms with E-state index < -0.39 is 52.1 Å². The lowest BCUT2D eigenvalue weighted by Gasteiger charge is -2.36. The first-order chi connectivity index (χ1) is 19.4. The summed E-state index contributed by atoms with van der Waals surface area (Å²) in [4.78, 5) is 60.5. The standard InChI is InChI=1S/C31H40ClN3O7.CH4/c1-8-19-13-31(19,26(38)39)16-23(36)22-15-30(14-21(34-42-30)18-10-9-11-20(32)12-18)17-35(22)25(37)24(28(2,3)4)33-27(40)41-29(5,6)7;/h8-12,19,22,24H,1,13-17H2,2-7H3,(H,33,40)(H,38,39);1H4/t19-,22+,24-,30-,31-;/m1./s1. The van der Waals surface area contributed by atoms with Crippen molar-refractivity contribution in [2.75, 3.05) is 6.54 Å². The Kier molecular flexibility index (Phi) is 9.47. The monoisotopic (exact) mass is 617 g/mol. The van der Waals surface area contributed by atoms with Crippen molar-refractivity contribution in [3.8, 4) is 0 Å². The third-order valence-electron chi connectivity index (χ3n) is 8.16. The summed E-state index contributed by atoms with van der Waals surface area (Å²) in [6, 6.07) is 5.16. The number of nitrogens with zero attached hydrogens (tertiary/aromatic N) is 2. The number of carbonyl (C=O) groups is 4. The van der Waals surface area contributed by atoms with Crippen LogP contribution in [0.4, 0.5) is 4.79 Å². The molecule has 43 heavy (non-hydrogen) atoms. The summed E-state index contributed by atoms with van der Waals surface area (Å²) in [7, 11) is 0. The Bertz CT molecular complexity index is 1330. The Balaban J connectivity index is 0.00000506. The van der Waals surface area contributed by atoms with Gasteiger partial charge >= 0.3 is 12.1 Å². The number of likely N-dealkylation sites (tertiary alicyclic amines) is 1. The lowest BCUT2D eigenvalue weighted by molar-refractivity contribution is -0.147. The normalized spacial score (nSPS) is 27.0. The van der Waals surface area contributed by atoms with Gasteiger partial charge in [-0.25, -0.2) is 4.79 Å². The number of ether oxygens (including phenoxy) is 1.